The molecule has 6 nitrogen and oxygen atoms in total. The van der Waals surface area contributed by atoms with E-state index in [1.807, 2.05) is 32.9 Å². The molecule has 0 radical (unpaired) electrons. The number of sulfone groups is 1. The average molecular weight is 388 g/mol. The fraction of sp³-hybridized carbons (Fsp3) is 0.400. The Morgan fingerprint density at radius 2 is 1.93 bits per heavy atom. The molecule has 1 fully saturated rings. The molecule has 1 aliphatic rings. The molecule has 1 unspecified atom stereocenters. The van der Waals surface area contributed by atoms with E-state index in [4.69, 9.17) is 0 Å². The van der Waals surface area contributed by atoms with Crippen LogP contribution in [0.25, 0.3) is 0 Å². The molecule has 0 bridgehead atoms. The first kappa shape index (κ1) is 19.4. The summed E-state index contributed by atoms with van der Waals surface area (Å²) in [6.45, 7) is 6.42. The van der Waals surface area contributed by atoms with Crippen LogP contribution in [0.4, 0.5) is 11.5 Å². The van der Waals surface area contributed by atoms with Gasteiger partial charge in [0.1, 0.15) is 5.82 Å². The predicted octanol–water partition coefficient (Wildman–Crippen LogP) is 3.09. The Morgan fingerprint density at radius 1 is 1.22 bits per heavy atom. The zero-order chi connectivity index (χ0) is 19.6. The van der Waals surface area contributed by atoms with Crippen molar-refractivity contribution in [2.75, 3.05) is 23.4 Å². The molecule has 1 aromatic heterocycles. The summed E-state index contributed by atoms with van der Waals surface area (Å²) in [7, 11) is -3.03. The van der Waals surface area contributed by atoms with Gasteiger partial charge in [-0.1, -0.05) is 6.07 Å². The molecule has 0 saturated carbocycles. The van der Waals surface area contributed by atoms with Crippen molar-refractivity contribution < 1.29 is 13.2 Å². The Labute approximate surface area is 160 Å². The fourth-order valence-electron chi connectivity index (χ4n) is 3.54. The van der Waals surface area contributed by atoms with E-state index >= 15 is 0 Å². The van der Waals surface area contributed by atoms with E-state index < -0.39 is 9.84 Å². The van der Waals surface area contributed by atoms with E-state index in [0.717, 1.165) is 16.8 Å². The SMILES string of the molecule is CCN(C(=O)c1ccc(Nc2cc(C)cc(C)c2)nc1)C1CCS(=O)(=O)C1. The fourth-order valence-corrected chi connectivity index (χ4v) is 5.27. The molecule has 27 heavy (non-hydrogen) atoms. The molecule has 1 atom stereocenters. The monoisotopic (exact) mass is 387 g/mol. The molecule has 1 N–H and O–H groups in total. The average Bonchev–Trinajstić information content (AvgIpc) is 2.95. The Kier molecular flexibility index (Phi) is 5.51. The number of aromatic nitrogens is 1. The third-order valence-corrected chi connectivity index (χ3v) is 6.51. The van der Waals surface area contributed by atoms with Crippen LogP contribution in [-0.4, -0.2) is 48.3 Å². The van der Waals surface area contributed by atoms with Crippen LogP contribution in [0.5, 0.6) is 0 Å². The highest BCUT2D eigenvalue weighted by Crippen LogP contribution is 2.21. The standard InChI is InChI=1S/C20H25N3O3S/c1-4-23(18-7-8-27(25,26)13-18)20(24)16-5-6-19(21-12-16)22-17-10-14(2)9-15(3)11-17/h5-6,9-12,18H,4,7-8,13H2,1-3H3,(H,21,22). The molecule has 0 aliphatic carbocycles. The van der Waals surface area contributed by atoms with Crippen LogP contribution in [0.2, 0.25) is 0 Å². The molecule has 7 heteroatoms. The maximum atomic E-state index is 12.8. The van der Waals surface area contributed by atoms with Gasteiger partial charge in [0.25, 0.3) is 5.91 Å². The number of carbonyl (C=O) groups excluding carboxylic acids is 1. The van der Waals surface area contributed by atoms with Crippen molar-refractivity contribution in [3.63, 3.8) is 0 Å². The number of rotatable bonds is 5. The smallest absolute Gasteiger partial charge is 0.255 e. The predicted molar refractivity (Wildman–Crippen MR) is 107 cm³/mol. The molecule has 1 aliphatic heterocycles. The number of hydrogen-bond donors (Lipinski definition) is 1. The van der Waals surface area contributed by atoms with Crippen LogP contribution in [0, 0.1) is 13.8 Å². The summed E-state index contributed by atoms with van der Waals surface area (Å²) in [6.07, 6.45) is 2.04. The zero-order valence-electron chi connectivity index (χ0n) is 15.9. The van der Waals surface area contributed by atoms with Crippen molar-refractivity contribution in [3.05, 3.63) is 53.2 Å². The van der Waals surface area contributed by atoms with E-state index in [1.54, 1.807) is 23.2 Å². The summed E-state index contributed by atoms with van der Waals surface area (Å²) in [5.74, 6) is 0.679. The maximum absolute atomic E-state index is 12.8. The first-order valence-corrected chi connectivity index (χ1v) is 10.9. The molecule has 144 valence electrons. The van der Waals surface area contributed by atoms with Gasteiger partial charge >= 0.3 is 0 Å². The van der Waals surface area contributed by atoms with Gasteiger partial charge in [-0.25, -0.2) is 13.4 Å². The van der Waals surface area contributed by atoms with Crippen molar-refractivity contribution >= 4 is 27.2 Å². The maximum Gasteiger partial charge on any atom is 0.255 e. The van der Waals surface area contributed by atoms with Gasteiger partial charge in [-0.3, -0.25) is 4.79 Å². The third kappa shape index (κ3) is 4.66. The first-order chi connectivity index (χ1) is 12.8. The van der Waals surface area contributed by atoms with Crippen LogP contribution in [0.15, 0.2) is 36.5 Å². The quantitative estimate of drug-likeness (QED) is 0.853. The largest absolute Gasteiger partial charge is 0.340 e. The van der Waals surface area contributed by atoms with E-state index in [2.05, 4.69) is 16.4 Å². The molecular formula is C20H25N3O3S. The van der Waals surface area contributed by atoms with Crippen LogP contribution in [0.3, 0.4) is 0 Å². The minimum absolute atomic E-state index is 0.0480. The molecule has 1 saturated heterocycles. The molecule has 0 spiro atoms. The van der Waals surface area contributed by atoms with Crippen molar-refractivity contribution in [2.24, 2.45) is 0 Å². The molecule has 1 amide bonds. The summed E-state index contributed by atoms with van der Waals surface area (Å²) in [5, 5.41) is 3.25. The first-order valence-electron chi connectivity index (χ1n) is 9.10. The highest BCUT2D eigenvalue weighted by molar-refractivity contribution is 7.91. The Morgan fingerprint density at radius 3 is 2.44 bits per heavy atom. The van der Waals surface area contributed by atoms with Crippen molar-refractivity contribution in [1.82, 2.24) is 9.88 Å². The summed E-state index contributed by atoms with van der Waals surface area (Å²) >= 11 is 0. The normalized spacial score (nSPS) is 18.3. The van der Waals surface area contributed by atoms with E-state index in [9.17, 15) is 13.2 Å². The van der Waals surface area contributed by atoms with Gasteiger partial charge < -0.3 is 10.2 Å². The lowest BCUT2D eigenvalue weighted by Crippen LogP contribution is -2.41. The Bertz CT molecular complexity index is 919. The second-order valence-electron chi connectivity index (χ2n) is 7.08. The number of amides is 1. The number of anilines is 2. The number of pyridine rings is 1. The summed E-state index contributed by atoms with van der Waals surface area (Å²) in [4.78, 5) is 18.8. The lowest BCUT2D eigenvalue weighted by Gasteiger charge is -2.26. The lowest BCUT2D eigenvalue weighted by molar-refractivity contribution is 0.0708. The topological polar surface area (TPSA) is 79.4 Å². The van der Waals surface area contributed by atoms with Crippen LogP contribution in [-0.2, 0) is 9.84 Å². The number of benzene rings is 1. The van der Waals surface area contributed by atoms with Gasteiger partial charge in [-0.15, -0.1) is 0 Å². The minimum atomic E-state index is -3.03. The van der Waals surface area contributed by atoms with E-state index in [-0.39, 0.29) is 23.5 Å². The molecule has 3 rings (SSSR count). The van der Waals surface area contributed by atoms with E-state index in [1.165, 1.54) is 0 Å². The number of hydrogen-bond acceptors (Lipinski definition) is 5. The second kappa shape index (κ2) is 7.68. The van der Waals surface area contributed by atoms with Crippen molar-refractivity contribution in [2.45, 2.75) is 33.2 Å². The van der Waals surface area contributed by atoms with Gasteiger partial charge in [0.05, 0.1) is 17.1 Å². The van der Waals surface area contributed by atoms with Gasteiger partial charge in [0.15, 0.2) is 9.84 Å². The summed E-state index contributed by atoms with van der Waals surface area (Å²) < 4.78 is 23.5. The Hall–Kier alpha value is -2.41. The van der Waals surface area contributed by atoms with Crippen LogP contribution in [0.1, 0.15) is 34.8 Å². The highest BCUT2D eigenvalue weighted by atomic mass is 32.2. The summed E-state index contributed by atoms with van der Waals surface area (Å²) in [6, 6.07) is 9.42. The van der Waals surface area contributed by atoms with Crippen molar-refractivity contribution in [1.29, 1.82) is 0 Å². The molecular weight excluding hydrogens is 362 g/mol. The number of aryl methyl sites for hydroxylation is 2. The zero-order valence-corrected chi connectivity index (χ0v) is 16.7. The molecule has 2 aromatic rings. The molecule has 2 heterocycles. The second-order valence-corrected chi connectivity index (χ2v) is 9.31. The minimum Gasteiger partial charge on any atom is -0.340 e. The van der Waals surface area contributed by atoms with Gasteiger partial charge in [0, 0.05) is 24.5 Å². The Balaban J connectivity index is 1.73. The lowest BCUT2D eigenvalue weighted by atomic mass is 10.1. The van der Waals surface area contributed by atoms with Crippen LogP contribution >= 0.6 is 0 Å². The van der Waals surface area contributed by atoms with Crippen LogP contribution < -0.4 is 5.32 Å². The highest BCUT2D eigenvalue weighted by Gasteiger charge is 2.34. The van der Waals surface area contributed by atoms with Gasteiger partial charge in [0.2, 0.25) is 0 Å². The third-order valence-electron chi connectivity index (χ3n) is 4.76. The van der Waals surface area contributed by atoms with Crippen molar-refractivity contribution in [3.8, 4) is 0 Å². The van der Waals surface area contributed by atoms with Gasteiger partial charge in [-0.2, -0.15) is 0 Å². The van der Waals surface area contributed by atoms with Gasteiger partial charge in [-0.05, 0) is 62.6 Å². The number of nitrogens with one attached hydrogen (secondary N) is 1. The molecule has 1 aromatic carbocycles. The summed E-state index contributed by atoms with van der Waals surface area (Å²) in [5.41, 5.74) is 3.74. The number of nitrogens with zero attached hydrogens (tertiary/aromatic N) is 2. The van der Waals surface area contributed by atoms with E-state index in [0.29, 0.717) is 24.3 Å². The number of carbonyl (C=O) groups is 1.